The van der Waals surface area contributed by atoms with Gasteiger partial charge in [0, 0.05) is 0 Å². The van der Waals surface area contributed by atoms with Crippen molar-refractivity contribution in [2.75, 3.05) is 0 Å². The molecule has 0 bridgehead atoms. The van der Waals surface area contributed by atoms with Gasteiger partial charge in [-0.1, -0.05) is 0 Å². The van der Waals surface area contributed by atoms with Crippen molar-refractivity contribution >= 4 is 30.2 Å². The number of fused-ring (bicyclic) bond motifs is 1. The Morgan fingerprint density at radius 1 is 1.24 bits per heavy atom. The van der Waals surface area contributed by atoms with Crippen molar-refractivity contribution in [2.45, 2.75) is 0 Å². The molecule has 2 N–H and O–H groups in total. The molecule has 2 aromatic heterocycles. The summed E-state index contributed by atoms with van der Waals surface area (Å²) in [7, 11) is 0. The number of H-pyrrole nitrogens is 1. The van der Waals surface area contributed by atoms with Crippen LogP contribution >= 0.6 is 0 Å². The van der Waals surface area contributed by atoms with E-state index in [1.54, 1.807) is 6.07 Å². The topological polar surface area (TPSA) is 53.1 Å². The van der Waals surface area contributed by atoms with Gasteiger partial charge in [-0.15, -0.1) is 0 Å². The van der Waals surface area contributed by atoms with E-state index in [1.807, 2.05) is 30.3 Å². The van der Waals surface area contributed by atoms with Crippen LogP contribution < -0.4 is 0 Å². The van der Waals surface area contributed by atoms with E-state index in [-0.39, 0.29) is 20.2 Å². The van der Waals surface area contributed by atoms with Crippen LogP contribution in [0.15, 0.2) is 41.3 Å². The summed E-state index contributed by atoms with van der Waals surface area (Å²) < 4.78 is 1.12. The number of benzene rings is 1. The minimum absolute atomic E-state index is 0.227. The minimum atomic E-state index is -0.900. The van der Waals surface area contributed by atoms with Crippen molar-refractivity contribution in [1.29, 1.82) is 0 Å². The summed E-state index contributed by atoms with van der Waals surface area (Å²) in [6.45, 7) is 0. The zero-order valence-corrected chi connectivity index (χ0v) is 10.5. The standard InChI is InChI=1S/C13H9NO2Se/c15-13(16)10-6-11-12(14-10)9(7-17-11)8-4-2-1-3-5-8/h1-7,14H,(H,15,16). The van der Waals surface area contributed by atoms with Crippen LogP contribution in [0, 0.1) is 0 Å². The van der Waals surface area contributed by atoms with E-state index >= 15 is 0 Å². The molecule has 1 aromatic carbocycles. The van der Waals surface area contributed by atoms with E-state index in [4.69, 9.17) is 5.11 Å². The number of hydrogen-bond donors (Lipinski definition) is 2. The summed E-state index contributed by atoms with van der Waals surface area (Å²) in [6, 6.07) is 11.8. The molecular weight excluding hydrogens is 281 g/mol. The summed E-state index contributed by atoms with van der Waals surface area (Å²) in [6.07, 6.45) is 0. The Morgan fingerprint density at radius 2 is 2.00 bits per heavy atom. The maximum atomic E-state index is 10.9. The second kappa shape index (κ2) is 3.91. The first-order valence-corrected chi connectivity index (χ1v) is 6.99. The van der Waals surface area contributed by atoms with E-state index < -0.39 is 5.97 Å². The molecule has 0 radical (unpaired) electrons. The SMILES string of the molecule is O=C(O)c1cc2[se]cc(-c3ccccc3)c2[nH]1. The van der Waals surface area contributed by atoms with Crippen LogP contribution in [0.2, 0.25) is 0 Å². The van der Waals surface area contributed by atoms with Gasteiger partial charge in [0.05, 0.1) is 0 Å². The molecule has 0 aliphatic carbocycles. The normalized spacial score (nSPS) is 10.8. The Labute approximate surface area is 103 Å². The molecule has 17 heavy (non-hydrogen) atoms. The second-order valence-electron chi connectivity index (χ2n) is 3.74. The Balaban J connectivity index is 2.21. The van der Waals surface area contributed by atoms with E-state index in [0.717, 1.165) is 20.9 Å². The van der Waals surface area contributed by atoms with Gasteiger partial charge in [0.25, 0.3) is 0 Å². The molecule has 0 atom stereocenters. The van der Waals surface area contributed by atoms with Crippen molar-refractivity contribution in [1.82, 2.24) is 4.98 Å². The summed E-state index contributed by atoms with van der Waals surface area (Å²) in [5, 5.41) is 8.96. The molecule has 3 nitrogen and oxygen atoms in total. The Kier molecular flexibility index (Phi) is 2.39. The predicted octanol–water partition coefficient (Wildman–Crippen LogP) is 2.59. The average molecular weight is 290 g/mol. The van der Waals surface area contributed by atoms with Gasteiger partial charge < -0.3 is 0 Å². The number of aromatic carboxylic acids is 1. The van der Waals surface area contributed by atoms with E-state index in [2.05, 4.69) is 9.92 Å². The third-order valence-electron chi connectivity index (χ3n) is 2.67. The van der Waals surface area contributed by atoms with Gasteiger partial charge in [-0.2, -0.15) is 0 Å². The van der Waals surface area contributed by atoms with Gasteiger partial charge in [-0.25, -0.2) is 0 Å². The fraction of sp³-hybridized carbons (Fsp3) is 0. The van der Waals surface area contributed by atoms with Gasteiger partial charge in [-0.05, 0) is 0 Å². The molecule has 2 heterocycles. The first-order valence-electron chi connectivity index (χ1n) is 5.14. The van der Waals surface area contributed by atoms with Crippen molar-refractivity contribution < 1.29 is 9.90 Å². The number of aromatic amines is 1. The zero-order valence-electron chi connectivity index (χ0n) is 8.81. The van der Waals surface area contributed by atoms with Crippen LogP contribution in [-0.2, 0) is 0 Å². The van der Waals surface area contributed by atoms with Crippen LogP contribution in [0.5, 0.6) is 0 Å². The van der Waals surface area contributed by atoms with Crippen LogP contribution in [0.4, 0.5) is 0 Å². The third kappa shape index (κ3) is 1.71. The molecule has 0 spiro atoms. The number of aromatic nitrogens is 1. The molecule has 0 aliphatic rings. The van der Waals surface area contributed by atoms with E-state index in [9.17, 15) is 4.79 Å². The summed E-state index contributed by atoms with van der Waals surface area (Å²) in [5.41, 5.74) is 3.49. The van der Waals surface area contributed by atoms with Crippen molar-refractivity contribution in [3.8, 4) is 11.1 Å². The van der Waals surface area contributed by atoms with Crippen LogP contribution in [0.3, 0.4) is 0 Å². The van der Waals surface area contributed by atoms with Crippen LogP contribution in [0.25, 0.3) is 20.9 Å². The number of carbonyl (C=O) groups is 1. The maximum absolute atomic E-state index is 10.9. The molecule has 0 amide bonds. The van der Waals surface area contributed by atoms with Crippen molar-refractivity contribution in [3.63, 3.8) is 0 Å². The molecule has 0 unspecified atom stereocenters. The monoisotopic (exact) mass is 291 g/mol. The quantitative estimate of drug-likeness (QED) is 0.713. The van der Waals surface area contributed by atoms with E-state index in [0.29, 0.717) is 0 Å². The number of nitrogens with one attached hydrogen (secondary N) is 1. The molecular formula is C13H9NO2Se. The summed E-state index contributed by atoms with van der Waals surface area (Å²) >= 11 is 0.227. The van der Waals surface area contributed by atoms with Crippen molar-refractivity contribution in [3.05, 3.63) is 47.0 Å². The number of carboxylic acid groups (broad SMARTS) is 1. The fourth-order valence-corrected chi connectivity index (χ4v) is 3.88. The Bertz CT molecular complexity index is 682. The second-order valence-corrected chi connectivity index (χ2v) is 5.65. The number of hydrogen-bond acceptors (Lipinski definition) is 1. The van der Waals surface area contributed by atoms with Gasteiger partial charge in [0.2, 0.25) is 0 Å². The average Bonchev–Trinajstić information content (AvgIpc) is 2.89. The molecule has 0 fully saturated rings. The number of carboxylic acids is 1. The predicted molar refractivity (Wildman–Crippen MR) is 67.6 cm³/mol. The molecule has 0 saturated carbocycles. The van der Waals surface area contributed by atoms with Gasteiger partial charge in [0.15, 0.2) is 0 Å². The van der Waals surface area contributed by atoms with Gasteiger partial charge in [0.1, 0.15) is 0 Å². The van der Waals surface area contributed by atoms with Gasteiger partial charge >= 0.3 is 103 Å². The summed E-state index contributed by atoms with van der Waals surface area (Å²) in [4.78, 5) is 16.1. The molecule has 3 aromatic rings. The van der Waals surface area contributed by atoms with Gasteiger partial charge in [-0.3, -0.25) is 0 Å². The molecule has 0 saturated heterocycles. The Hall–Kier alpha value is -1.77. The molecule has 84 valence electrons. The molecule has 0 aliphatic heterocycles. The summed E-state index contributed by atoms with van der Waals surface area (Å²) in [5.74, 6) is -0.900. The van der Waals surface area contributed by atoms with Crippen LogP contribution in [-0.4, -0.2) is 30.6 Å². The number of rotatable bonds is 2. The first-order chi connectivity index (χ1) is 8.25. The van der Waals surface area contributed by atoms with E-state index in [1.165, 1.54) is 0 Å². The first kappa shape index (κ1) is 10.4. The zero-order chi connectivity index (χ0) is 11.8. The molecule has 3 rings (SSSR count). The van der Waals surface area contributed by atoms with Crippen molar-refractivity contribution in [2.24, 2.45) is 0 Å². The third-order valence-corrected chi connectivity index (χ3v) is 4.62. The molecule has 4 heteroatoms. The Morgan fingerprint density at radius 3 is 2.71 bits per heavy atom. The fourth-order valence-electron chi connectivity index (χ4n) is 1.86. The van der Waals surface area contributed by atoms with Crippen LogP contribution in [0.1, 0.15) is 10.5 Å².